The lowest BCUT2D eigenvalue weighted by molar-refractivity contribution is -0.147. The maximum atomic E-state index is 11.8. The lowest BCUT2D eigenvalue weighted by Gasteiger charge is -2.37. The van der Waals surface area contributed by atoms with E-state index in [4.69, 9.17) is 0 Å². The fourth-order valence-corrected chi connectivity index (χ4v) is 1.54. The Labute approximate surface area is 84.0 Å². The summed E-state index contributed by atoms with van der Waals surface area (Å²) in [6.45, 7) is 9.57. The van der Waals surface area contributed by atoms with Crippen molar-refractivity contribution in [1.29, 1.82) is 0 Å². The summed E-state index contributed by atoms with van der Waals surface area (Å²) in [4.78, 5) is 24.6. The second kappa shape index (κ2) is 3.44. The molecule has 1 heterocycles. The van der Waals surface area contributed by atoms with Gasteiger partial charge in [-0.1, -0.05) is 12.2 Å². The third-order valence-corrected chi connectivity index (χ3v) is 2.07. The zero-order valence-electron chi connectivity index (χ0n) is 8.89. The Bertz CT molecular complexity index is 292. The van der Waals surface area contributed by atoms with Gasteiger partial charge < -0.3 is 10.2 Å². The molecule has 1 fully saturated rings. The third kappa shape index (κ3) is 2.13. The van der Waals surface area contributed by atoms with Crippen LogP contribution in [0, 0.1) is 0 Å². The van der Waals surface area contributed by atoms with Crippen LogP contribution in [0.1, 0.15) is 20.8 Å². The van der Waals surface area contributed by atoms with Crippen LogP contribution in [-0.4, -0.2) is 35.3 Å². The number of rotatable bonds is 2. The number of nitrogens with zero attached hydrogens (tertiary/aromatic N) is 1. The van der Waals surface area contributed by atoms with Crippen molar-refractivity contribution in [3.05, 3.63) is 12.2 Å². The first-order chi connectivity index (χ1) is 6.33. The molecule has 4 nitrogen and oxygen atoms in total. The molecule has 0 aliphatic carbocycles. The van der Waals surface area contributed by atoms with Crippen molar-refractivity contribution < 1.29 is 9.59 Å². The van der Waals surface area contributed by atoms with E-state index in [1.807, 2.05) is 6.92 Å². The van der Waals surface area contributed by atoms with Crippen LogP contribution in [0.2, 0.25) is 0 Å². The quantitative estimate of drug-likeness (QED) is 0.646. The van der Waals surface area contributed by atoms with Gasteiger partial charge in [-0.3, -0.25) is 9.59 Å². The van der Waals surface area contributed by atoms with Gasteiger partial charge >= 0.3 is 0 Å². The molecule has 4 heteroatoms. The van der Waals surface area contributed by atoms with E-state index in [2.05, 4.69) is 11.9 Å². The second-order valence-corrected chi connectivity index (χ2v) is 4.29. The van der Waals surface area contributed by atoms with Crippen molar-refractivity contribution in [3.63, 3.8) is 0 Å². The van der Waals surface area contributed by atoms with E-state index in [1.165, 1.54) is 4.90 Å². The highest BCUT2D eigenvalue weighted by Gasteiger charge is 2.38. The highest BCUT2D eigenvalue weighted by atomic mass is 16.2. The van der Waals surface area contributed by atoms with Gasteiger partial charge in [-0.25, -0.2) is 0 Å². The van der Waals surface area contributed by atoms with Gasteiger partial charge in [0.1, 0.15) is 5.54 Å². The first-order valence-corrected chi connectivity index (χ1v) is 4.57. The van der Waals surface area contributed by atoms with Gasteiger partial charge in [0.2, 0.25) is 11.8 Å². The van der Waals surface area contributed by atoms with E-state index in [1.54, 1.807) is 13.8 Å². The van der Waals surface area contributed by atoms with E-state index in [0.717, 1.165) is 5.57 Å². The maximum absolute atomic E-state index is 11.8. The molecule has 0 aromatic heterocycles. The molecule has 0 bridgehead atoms. The largest absolute Gasteiger partial charge is 0.341 e. The molecule has 78 valence electrons. The van der Waals surface area contributed by atoms with Gasteiger partial charge in [0.25, 0.3) is 0 Å². The summed E-state index contributed by atoms with van der Waals surface area (Å²) in [6.07, 6.45) is 0. The Kier molecular flexibility index (Phi) is 2.64. The van der Waals surface area contributed by atoms with Gasteiger partial charge in [-0.05, 0) is 20.8 Å². The zero-order valence-corrected chi connectivity index (χ0v) is 8.89. The lowest BCUT2D eigenvalue weighted by Crippen LogP contribution is -2.63. The first kappa shape index (κ1) is 10.8. The van der Waals surface area contributed by atoms with Crippen LogP contribution in [-0.2, 0) is 9.59 Å². The van der Waals surface area contributed by atoms with Crippen LogP contribution >= 0.6 is 0 Å². The highest BCUT2D eigenvalue weighted by molar-refractivity contribution is 5.97. The third-order valence-electron chi connectivity index (χ3n) is 2.07. The number of hydrogen-bond acceptors (Lipinski definition) is 2. The summed E-state index contributed by atoms with van der Waals surface area (Å²) < 4.78 is 0. The minimum atomic E-state index is -0.787. The summed E-state index contributed by atoms with van der Waals surface area (Å²) in [5.41, 5.74) is 0.0916. The second-order valence-electron chi connectivity index (χ2n) is 4.29. The van der Waals surface area contributed by atoms with Crippen molar-refractivity contribution in [3.8, 4) is 0 Å². The van der Waals surface area contributed by atoms with Gasteiger partial charge in [0.05, 0.1) is 6.54 Å². The van der Waals surface area contributed by atoms with Crippen LogP contribution in [0.5, 0.6) is 0 Å². The molecule has 0 radical (unpaired) electrons. The number of carbonyl (C=O) groups is 2. The predicted octanol–water partition coefficient (Wildman–Crippen LogP) is 0.299. The molecule has 14 heavy (non-hydrogen) atoms. The molecule has 0 aromatic carbocycles. The fourth-order valence-electron chi connectivity index (χ4n) is 1.54. The van der Waals surface area contributed by atoms with Crippen molar-refractivity contribution >= 4 is 11.8 Å². The summed E-state index contributed by atoms with van der Waals surface area (Å²) in [5.74, 6) is -0.170. The van der Waals surface area contributed by atoms with E-state index in [9.17, 15) is 9.59 Å². The van der Waals surface area contributed by atoms with E-state index >= 15 is 0 Å². The van der Waals surface area contributed by atoms with E-state index in [-0.39, 0.29) is 18.4 Å². The SMILES string of the molecule is C=C(C)CN1CC(=O)NC(C)(C)C1=O. The van der Waals surface area contributed by atoms with Gasteiger partial charge in [0, 0.05) is 6.54 Å². The predicted molar refractivity (Wildman–Crippen MR) is 53.6 cm³/mol. The van der Waals surface area contributed by atoms with Crippen LogP contribution in [0.3, 0.4) is 0 Å². The van der Waals surface area contributed by atoms with E-state index < -0.39 is 5.54 Å². The van der Waals surface area contributed by atoms with Crippen molar-refractivity contribution in [2.45, 2.75) is 26.3 Å². The summed E-state index contributed by atoms with van der Waals surface area (Å²) >= 11 is 0. The molecule has 0 saturated carbocycles. The number of piperazine rings is 1. The smallest absolute Gasteiger partial charge is 0.248 e. The minimum Gasteiger partial charge on any atom is -0.341 e. The molecule has 0 unspecified atom stereocenters. The molecule has 0 aromatic rings. The van der Waals surface area contributed by atoms with Crippen LogP contribution in [0.4, 0.5) is 0 Å². The summed E-state index contributed by atoms with van der Waals surface area (Å²) in [6, 6.07) is 0. The fraction of sp³-hybridized carbons (Fsp3) is 0.600. The molecule has 1 aliphatic heterocycles. The number of nitrogens with one attached hydrogen (secondary N) is 1. The molecule has 1 saturated heterocycles. The lowest BCUT2D eigenvalue weighted by atomic mass is 10.0. The van der Waals surface area contributed by atoms with Crippen LogP contribution in [0.25, 0.3) is 0 Å². The van der Waals surface area contributed by atoms with Gasteiger partial charge in [0.15, 0.2) is 0 Å². The average Bonchev–Trinajstić information content (AvgIpc) is 1.97. The van der Waals surface area contributed by atoms with Crippen LogP contribution in [0.15, 0.2) is 12.2 Å². The normalized spacial score (nSPS) is 20.6. The van der Waals surface area contributed by atoms with E-state index in [0.29, 0.717) is 6.54 Å². The highest BCUT2D eigenvalue weighted by Crippen LogP contribution is 2.13. The maximum Gasteiger partial charge on any atom is 0.248 e. The van der Waals surface area contributed by atoms with Crippen molar-refractivity contribution in [2.24, 2.45) is 0 Å². The minimum absolute atomic E-state index is 0.0555. The Morgan fingerprint density at radius 2 is 2.14 bits per heavy atom. The molecule has 0 atom stereocenters. The topological polar surface area (TPSA) is 49.4 Å². The molecule has 1 rings (SSSR count). The standard InChI is InChI=1S/C10H16N2O2/c1-7(2)5-12-6-8(13)11-10(3,4)9(12)14/h1,5-6H2,2-4H3,(H,11,13). The first-order valence-electron chi connectivity index (χ1n) is 4.57. The molecular weight excluding hydrogens is 180 g/mol. The Morgan fingerprint density at radius 3 is 2.64 bits per heavy atom. The van der Waals surface area contributed by atoms with Crippen molar-refractivity contribution in [1.82, 2.24) is 10.2 Å². The molecule has 1 N–H and O–H groups in total. The molecule has 1 aliphatic rings. The molecule has 2 amide bonds. The Balaban J connectivity index is 2.81. The monoisotopic (exact) mass is 196 g/mol. The van der Waals surface area contributed by atoms with Gasteiger partial charge in [-0.2, -0.15) is 0 Å². The number of hydrogen-bond donors (Lipinski definition) is 1. The Morgan fingerprint density at radius 1 is 1.57 bits per heavy atom. The number of amides is 2. The summed E-state index contributed by atoms with van der Waals surface area (Å²) in [7, 11) is 0. The molecule has 0 spiro atoms. The number of carbonyl (C=O) groups excluding carboxylic acids is 2. The average molecular weight is 196 g/mol. The molecular formula is C10H16N2O2. The zero-order chi connectivity index (χ0) is 10.9. The summed E-state index contributed by atoms with van der Waals surface area (Å²) in [5, 5.41) is 2.65. The Hall–Kier alpha value is -1.32. The van der Waals surface area contributed by atoms with Gasteiger partial charge in [-0.15, -0.1) is 0 Å². The van der Waals surface area contributed by atoms with Crippen LogP contribution < -0.4 is 5.32 Å². The van der Waals surface area contributed by atoms with Crippen molar-refractivity contribution in [2.75, 3.05) is 13.1 Å².